The summed E-state index contributed by atoms with van der Waals surface area (Å²) < 4.78 is 0. The second-order valence-electron chi connectivity index (χ2n) is 3.05. The zero-order valence-corrected chi connectivity index (χ0v) is 9.60. The summed E-state index contributed by atoms with van der Waals surface area (Å²) in [6.07, 6.45) is 7.28. The van der Waals surface area contributed by atoms with Crippen LogP contribution in [0.5, 0.6) is 0 Å². The number of hydrogen-bond acceptors (Lipinski definition) is 2. The molecule has 0 aliphatic rings. The van der Waals surface area contributed by atoms with E-state index in [4.69, 9.17) is 12.0 Å². The Morgan fingerprint density at radius 3 is 2.24 bits per heavy atom. The third kappa shape index (κ3) is 5.83. The highest BCUT2D eigenvalue weighted by Crippen LogP contribution is 1.99. The van der Waals surface area contributed by atoms with Gasteiger partial charge in [-0.15, -0.1) is 0 Å². The van der Waals surface area contributed by atoms with Gasteiger partial charge in [-0.1, -0.05) is 24.3 Å². The van der Waals surface area contributed by atoms with Gasteiger partial charge in [-0.2, -0.15) is 0 Å². The molecule has 86 valence electrons. The third-order valence-corrected chi connectivity index (χ3v) is 1.72. The van der Waals surface area contributed by atoms with Crippen LogP contribution in [0.15, 0.2) is 41.7 Å². The topological polar surface area (TPSA) is 60.8 Å². The highest BCUT2D eigenvalue weighted by molar-refractivity contribution is 6.04. The van der Waals surface area contributed by atoms with Gasteiger partial charge in [-0.05, 0) is 19.9 Å². The van der Waals surface area contributed by atoms with Crippen LogP contribution in [0.1, 0.15) is 13.8 Å². The molecule has 0 N–H and O–H groups in total. The SMILES string of the molecule is [C-]#[N+]C(=CC=CC=CC(=C=[N-])C(C)=O)C(C)=O. The van der Waals surface area contributed by atoms with E-state index in [0.717, 1.165) is 0 Å². The van der Waals surface area contributed by atoms with Crippen molar-refractivity contribution in [2.24, 2.45) is 0 Å². The molecular weight excluding hydrogens is 216 g/mol. The van der Waals surface area contributed by atoms with Gasteiger partial charge in [0, 0.05) is 5.57 Å². The maximum Gasteiger partial charge on any atom is 0.228 e. The van der Waals surface area contributed by atoms with Gasteiger partial charge in [0.2, 0.25) is 5.70 Å². The summed E-state index contributed by atoms with van der Waals surface area (Å²) in [5, 5.41) is 8.57. The highest BCUT2D eigenvalue weighted by Gasteiger charge is 1.98. The van der Waals surface area contributed by atoms with Crippen molar-refractivity contribution < 1.29 is 9.59 Å². The molecule has 4 nitrogen and oxygen atoms in total. The molecule has 0 radical (unpaired) electrons. The first-order valence-corrected chi connectivity index (χ1v) is 4.74. The Bertz CT molecular complexity index is 496. The molecule has 0 aromatic heterocycles. The van der Waals surface area contributed by atoms with Crippen LogP contribution in [0.2, 0.25) is 0 Å². The van der Waals surface area contributed by atoms with Gasteiger partial charge in [0.25, 0.3) is 0 Å². The van der Waals surface area contributed by atoms with Crippen molar-refractivity contribution in [3.05, 3.63) is 58.5 Å². The van der Waals surface area contributed by atoms with E-state index < -0.39 is 0 Å². The van der Waals surface area contributed by atoms with Crippen LogP contribution in [0.4, 0.5) is 0 Å². The second-order valence-corrected chi connectivity index (χ2v) is 3.05. The van der Waals surface area contributed by atoms with Crippen molar-refractivity contribution in [2.75, 3.05) is 0 Å². The van der Waals surface area contributed by atoms with Crippen LogP contribution in [0, 0.1) is 6.57 Å². The lowest BCUT2D eigenvalue weighted by molar-refractivity contribution is -0.114. The summed E-state index contributed by atoms with van der Waals surface area (Å²) >= 11 is 0. The number of rotatable bonds is 5. The van der Waals surface area contributed by atoms with Gasteiger partial charge < -0.3 is 10.2 Å². The fourth-order valence-corrected chi connectivity index (χ4v) is 0.829. The van der Waals surface area contributed by atoms with Gasteiger partial charge in [-0.25, -0.2) is 4.85 Å². The highest BCUT2D eigenvalue weighted by atomic mass is 16.1. The van der Waals surface area contributed by atoms with E-state index in [1.54, 1.807) is 5.87 Å². The minimum atomic E-state index is -0.307. The summed E-state index contributed by atoms with van der Waals surface area (Å²) in [5.41, 5.74) is 0.0845. The number of Topliss-reactive ketones (excluding diaryl/α,β-unsaturated/α-hetero) is 2. The fourth-order valence-electron chi connectivity index (χ4n) is 0.829. The molecule has 0 aliphatic heterocycles. The predicted octanol–water partition coefficient (Wildman–Crippen LogP) is 2.25. The standard InChI is InChI=1S/C13H11N2O2/c1-10(16)12(9-14)7-5-4-6-8-13(15-3)11(2)17/h4-8H,1-2H3/q-1. The number of carbonyl (C=O) groups excluding carboxylic acids is 2. The molecule has 0 aliphatic carbocycles. The second kappa shape index (κ2) is 7.75. The minimum absolute atomic E-state index is 0.0331. The van der Waals surface area contributed by atoms with E-state index in [-0.39, 0.29) is 22.8 Å². The van der Waals surface area contributed by atoms with Crippen LogP contribution in [-0.4, -0.2) is 17.4 Å². The van der Waals surface area contributed by atoms with E-state index in [9.17, 15) is 9.59 Å². The third-order valence-electron chi connectivity index (χ3n) is 1.72. The lowest BCUT2D eigenvalue weighted by atomic mass is 10.2. The lowest BCUT2D eigenvalue weighted by Gasteiger charge is -1.90. The number of ketones is 2. The van der Waals surface area contributed by atoms with Gasteiger partial charge in [0.1, 0.15) is 0 Å². The van der Waals surface area contributed by atoms with Gasteiger partial charge >= 0.3 is 0 Å². The molecule has 0 unspecified atom stereocenters. The van der Waals surface area contributed by atoms with Gasteiger partial charge in [-0.3, -0.25) is 10.7 Å². The van der Waals surface area contributed by atoms with Crippen LogP contribution in [-0.2, 0) is 9.59 Å². The van der Waals surface area contributed by atoms with Gasteiger partial charge in [0.05, 0.1) is 6.57 Å². The Labute approximate surface area is 100.0 Å². The Morgan fingerprint density at radius 2 is 1.82 bits per heavy atom. The molecule has 0 saturated carbocycles. The van der Waals surface area contributed by atoms with E-state index in [1.165, 1.54) is 44.2 Å². The molecule has 0 heterocycles. The predicted molar refractivity (Wildman–Crippen MR) is 66.2 cm³/mol. The Morgan fingerprint density at radius 1 is 1.18 bits per heavy atom. The van der Waals surface area contributed by atoms with E-state index in [0.29, 0.717) is 0 Å². The maximum atomic E-state index is 10.9. The Kier molecular flexibility index (Phi) is 6.61. The average Bonchev–Trinajstić information content (AvgIpc) is 2.27. The molecule has 0 aromatic carbocycles. The van der Waals surface area contributed by atoms with E-state index in [2.05, 4.69) is 4.85 Å². The number of hydrogen-bond donors (Lipinski definition) is 0. The maximum absolute atomic E-state index is 10.9. The summed E-state index contributed by atoms with van der Waals surface area (Å²) in [7, 11) is 0. The molecule has 0 saturated heterocycles. The largest absolute Gasteiger partial charge is 0.763 e. The monoisotopic (exact) mass is 227 g/mol. The minimum Gasteiger partial charge on any atom is -0.763 e. The molecular formula is C13H11N2O2-. The average molecular weight is 227 g/mol. The molecule has 0 bridgehead atoms. The molecule has 0 fully saturated rings. The first-order chi connectivity index (χ1) is 8.02. The molecule has 0 spiro atoms. The Hall–Kier alpha value is -2.50. The van der Waals surface area contributed by atoms with Crippen molar-refractivity contribution in [3.8, 4) is 0 Å². The molecule has 0 rings (SSSR count). The zero-order chi connectivity index (χ0) is 13.3. The molecule has 0 atom stereocenters. The van der Waals surface area contributed by atoms with Crippen molar-refractivity contribution in [1.29, 1.82) is 0 Å². The first-order valence-electron chi connectivity index (χ1n) is 4.74. The number of allylic oxidation sites excluding steroid dienone is 7. The number of carbonyl (C=O) groups is 2. The normalized spacial score (nSPS) is 11.2. The fraction of sp³-hybridized carbons (Fsp3) is 0.154. The Balaban J connectivity index is 4.65. The smallest absolute Gasteiger partial charge is 0.228 e. The first kappa shape index (κ1) is 14.5. The van der Waals surface area contributed by atoms with Crippen LogP contribution >= 0.6 is 0 Å². The van der Waals surface area contributed by atoms with Crippen molar-refractivity contribution in [2.45, 2.75) is 13.8 Å². The van der Waals surface area contributed by atoms with Crippen LogP contribution < -0.4 is 0 Å². The molecule has 0 aromatic rings. The summed E-state index contributed by atoms with van der Waals surface area (Å²) in [6, 6.07) is 0. The molecule has 4 heteroatoms. The zero-order valence-electron chi connectivity index (χ0n) is 9.60. The lowest BCUT2D eigenvalue weighted by Crippen LogP contribution is -1.92. The quantitative estimate of drug-likeness (QED) is 0.313. The molecule has 0 amide bonds. The van der Waals surface area contributed by atoms with Crippen LogP contribution in [0.3, 0.4) is 0 Å². The summed E-state index contributed by atoms with van der Waals surface area (Å²) in [6.45, 7) is 9.33. The van der Waals surface area contributed by atoms with Crippen molar-refractivity contribution >= 4 is 17.4 Å². The van der Waals surface area contributed by atoms with E-state index in [1.807, 2.05) is 0 Å². The van der Waals surface area contributed by atoms with Crippen molar-refractivity contribution in [1.82, 2.24) is 0 Å². The number of nitrogens with zero attached hydrogens (tertiary/aromatic N) is 2. The van der Waals surface area contributed by atoms with Crippen LogP contribution in [0.25, 0.3) is 10.3 Å². The molecule has 17 heavy (non-hydrogen) atoms. The van der Waals surface area contributed by atoms with E-state index >= 15 is 0 Å². The van der Waals surface area contributed by atoms with Crippen molar-refractivity contribution in [3.63, 3.8) is 0 Å². The summed E-state index contributed by atoms with van der Waals surface area (Å²) in [5.74, 6) is 1.15. The van der Waals surface area contributed by atoms with Gasteiger partial charge in [0.15, 0.2) is 11.6 Å². The summed E-state index contributed by atoms with van der Waals surface area (Å²) in [4.78, 5) is 24.7.